The molecule has 6 heteroatoms. The lowest BCUT2D eigenvalue weighted by Gasteiger charge is -2.36. The smallest absolute Gasteiger partial charge is 0.222 e. The van der Waals surface area contributed by atoms with Crippen LogP contribution < -0.4 is 4.90 Å². The SMILES string of the molecule is CCC(=O)N1CCN(c2nc(C3CC3)nc3sc4c(c23)CC[C@H](C)C4)CC1. The number of piperazine rings is 1. The third-order valence-electron chi connectivity index (χ3n) is 6.33. The molecule has 1 saturated heterocycles. The number of carbonyl (C=O) groups excluding carboxylic acids is 1. The van der Waals surface area contributed by atoms with Crippen LogP contribution in [0.1, 0.15) is 61.7 Å². The van der Waals surface area contributed by atoms with Crippen molar-refractivity contribution >= 4 is 33.3 Å². The van der Waals surface area contributed by atoms with Crippen molar-refractivity contribution in [3.63, 3.8) is 0 Å². The molecule has 1 atom stereocenters. The highest BCUT2D eigenvalue weighted by Gasteiger charge is 2.32. The zero-order chi connectivity index (χ0) is 18.5. The fraction of sp³-hybridized carbons (Fsp3) is 0.667. The van der Waals surface area contributed by atoms with Gasteiger partial charge < -0.3 is 9.80 Å². The largest absolute Gasteiger partial charge is 0.352 e. The summed E-state index contributed by atoms with van der Waals surface area (Å²) in [6.45, 7) is 7.68. The molecule has 3 aliphatic rings. The molecule has 5 nitrogen and oxygen atoms in total. The van der Waals surface area contributed by atoms with Crippen molar-refractivity contribution in [1.82, 2.24) is 14.9 Å². The number of thiophene rings is 1. The predicted molar refractivity (Wildman–Crippen MR) is 110 cm³/mol. The predicted octanol–water partition coefficient (Wildman–Crippen LogP) is 3.75. The Morgan fingerprint density at radius 2 is 1.93 bits per heavy atom. The molecule has 0 bridgehead atoms. The van der Waals surface area contributed by atoms with Crippen molar-refractivity contribution in [2.75, 3.05) is 31.1 Å². The van der Waals surface area contributed by atoms with Gasteiger partial charge in [-0.25, -0.2) is 9.97 Å². The van der Waals surface area contributed by atoms with E-state index in [4.69, 9.17) is 9.97 Å². The third kappa shape index (κ3) is 3.12. The Labute approximate surface area is 164 Å². The summed E-state index contributed by atoms with van der Waals surface area (Å²) in [6, 6.07) is 0. The topological polar surface area (TPSA) is 49.3 Å². The molecule has 0 N–H and O–H groups in total. The number of hydrogen-bond acceptors (Lipinski definition) is 5. The highest BCUT2D eigenvalue weighted by Crippen LogP contribution is 2.44. The summed E-state index contributed by atoms with van der Waals surface area (Å²) >= 11 is 1.91. The van der Waals surface area contributed by atoms with Gasteiger partial charge in [0.1, 0.15) is 16.5 Å². The lowest BCUT2D eigenvalue weighted by molar-refractivity contribution is -0.131. The summed E-state index contributed by atoms with van der Waals surface area (Å²) in [6.07, 6.45) is 6.66. The average molecular weight is 385 g/mol. The van der Waals surface area contributed by atoms with E-state index in [1.54, 1.807) is 0 Å². The second-order valence-electron chi connectivity index (χ2n) is 8.43. The lowest BCUT2D eigenvalue weighted by Crippen LogP contribution is -2.49. The lowest BCUT2D eigenvalue weighted by atomic mass is 9.89. The Balaban J connectivity index is 1.53. The number of aromatic nitrogens is 2. The van der Waals surface area contributed by atoms with E-state index in [-0.39, 0.29) is 5.91 Å². The van der Waals surface area contributed by atoms with Crippen LogP contribution in [-0.4, -0.2) is 47.0 Å². The maximum Gasteiger partial charge on any atom is 0.222 e. The van der Waals surface area contributed by atoms with Crippen molar-refractivity contribution < 1.29 is 4.79 Å². The molecule has 2 aromatic rings. The fourth-order valence-electron chi connectivity index (χ4n) is 4.48. The Hall–Kier alpha value is -1.69. The van der Waals surface area contributed by atoms with Crippen LogP contribution in [0.25, 0.3) is 10.2 Å². The minimum Gasteiger partial charge on any atom is -0.352 e. The Morgan fingerprint density at radius 3 is 2.63 bits per heavy atom. The summed E-state index contributed by atoms with van der Waals surface area (Å²) in [5.74, 6) is 3.81. The van der Waals surface area contributed by atoms with Gasteiger partial charge in [0.2, 0.25) is 5.91 Å². The van der Waals surface area contributed by atoms with Gasteiger partial charge in [-0.3, -0.25) is 4.79 Å². The molecular weight excluding hydrogens is 356 g/mol. The number of fused-ring (bicyclic) bond motifs is 3. The third-order valence-corrected chi connectivity index (χ3v) is 7.48. The van der Waals surface area contributed by atoms with E-state index < -0.39 is 0 Å². The Bertz CT molecular complexity index is 880. The molecule has 27 heavy (non-hydrogen) atoms. The first kappa shape index (κ1) is 17.4. The maximum absolute atomic E-state index is 12.0. The molecule has 0 unspecified atom stereocenters. The Kier molecular flexibility index (Phi) is 4.34. The molecule has 1 amide bonds. The first-order chi connectivity index (χ1) is 13.1. The van der Waals surface area contributed by atoms with Crippen molar-refractivity contribution in [2.45, 2.75) is 58.3 Å². The molecule has 144 valence electrons. The molecule has 2 aromatic heterocycles. The molecule has 0 radical (unpaired) electrons. The first-order valence-electron chi connectivity index (χ1n) is 10.5. The second kappa shape index (κ2) is 6.73. The summed E-state index contributed by atoms with van der Waals surface area (Å²) < 4.78 is 0. The molecule has 2 aliphatic carbocycles. The number of rotatable bonds is 3. The maximum atomic E-state index is 12.0. The van der Waals surface area contributed by atoms with Crippen LogP contribution in [-0.2, 0) is 17.6 Å². The molecule has 3 heterocycles. The van der Waals surface area contributed by atoms with E-state index in [0.717, 1.165) is 50.2 Å². The highest BCUT2D eigenvalue weighted by atomic mass is 32.1. The van der Waals surface area contributed by atoms with Crippen LogP contribution in [0, 0.1) is 5.92 Å². The van der Waals surface area contributed by atoms with E-state index in [0.29, 0.717) is 12.3 Å². The van der Waals surface area contributed by atoms with Gasteiger partial charge in [0, 0.05) is 43.4 Å². The van der Waals surface area contributed by atoms with Crippen LogP contribution in [0.2, 0.25) is 0 Å². The zero-order valence-corrected chi connectivity index (χ0v) is 17.1. The van der Waals surface area contributed by atoms with E-state index in [1.807, 2.05) is 23.2 Å². The molecule has 1 aliphatic heterocycles. The highest BCUT2D eigenvalue weighted by molar-refractivity contribution is 7.19. The summed E-state index contributed by atoms with van der Waals surface area (Å²) in [7, 11) is 0. The molecule has 1 saturated carbocycles. The van der Waals surface area contributed by atoms with Gasteiger partial charge in [-0.1, -0.05) is 13.8 Å². The van der Waals surface area contributed by atoms with E-state index in [9.17, 15) is 4.79 Å². The molecular formula is C21H28N4OS. The van der Waals surface area contributed by atoms with Gasteiger partial charge in [0.05, 0.1) is 5.39 Å². The van der Waals surface area contributed by atoms with Gasteiger partial charge in [0.25, 0.3) is 0 Å². The van der Waals surface area contributed by atoms with Crippen LogP contribution in [0.15, 0.2) is 0 Å². The fourth-order valence-corrected chi connectivity index (χ4v) is 5.87. The van der Waals surface area contributed by atoms with Crippen molar-refractivity contribution in [2.24, 2.45) is 5.92 Å². The zero-order valence-electron chi connectivity index (χ0n) is 16.3. The number of aryl methyl sites for hydroxylation is 1. The monoisotopic (exact) mass is 384 g/mol. The standard InChI is InChI=1S/C21H28N4OS/c1-3-17(26)24-8-10-25(11-9-24)20-18-15-7-4-13(2)12-16(15)27-21(18)23-19(22-20)14-5-6-14/h13-14H,3-12H2,1-2H3/t13-/m0/s1. The molecule has 5 rings (SSSR count). The van der Waals surface area contributed by atoms with Crippen molar-refractivity contribution in [1.29, 1.82) is 0 Å². The van der Waals surface area contributed by atoms with Crippen LogP contribution >= 0.6 is 11.3 Å². The van der Waals surface area contributed by atoms with Crippen LogP contribution in [0.3, 0.4) is 0 Å². The number of amides is 1. The van der Waals surface area contributed by atoms with Crippen molar-refractivity contribution in [3.8, 4) is 0 Å². The molecule has 2 fully saturated rings. The first-order valence-corrected chi connectivity index (χ1v) is 11.3. The summed E-state index contributed by atoms with van der Waals surface area (Å²) in [5.41, 5.74) is 1.51. The quantitative estimate of drug-likeness (QED) is 0.809. The van der Waals surface area contributed by atoms with E-state index in [2.05, 4.69) is 11.8 Å². The van der Waals surface area contributed by atoms with Crippen LogP contribution in [0.4, 0.5) is 5.82 Å². The van der Waals surface area contributed by atoms with Gasteiger partial charge in [-0.05, 0) is 43.6 Å². The van der Waals surface area contributed by atoms with Gasteiger partial charge in [-0.15, -0.1) is 11.3 Å². The molecule has 0 spiro atoms. The summed E-state index contributed by atoms with van der Waals surface area (Å²) in [4.78, 5) is 29.3. The number of anilines is 1. The normalized spacial score (nSPS) is 23.0. The minimum absolute atomic E-state index is 0.267. The van der Waals surface area contributed by atoms with Gasteiger partial charge in [-0.2, -0.15) is 0 Å². The second-order valence-corrected chi connectivity index (χ2v) is 9.52. The number of carbonyl (C=O) groups is 1. The minimum atomic E-state index is 0.267. The number of nitrogens with zero attached hydrogens (tertiary/aromatic N) is 4. The van der Waals surface area contributed by atoms with E-state index in [1.165, 1.54) is 46.3 Å². The van der Waals surface area contributed by atoms with Crippen LogP contribution in [0.5, 0.6) is 0 Å². The van der Waals surface area contributed by atoms with E-state index >= 15 is 0 Å². The molecule has 0 aromatic carbocycles. The number of hydrogen-bond donors (Lipinski definition) is 0. The van der Waals surface area contributed by atoms with Gasteiger partial charge in [0.15, 0.2) is 0 Å². The Morgan fingerprint density at radius 1 is 1.15 bits per heavy atom. The average Bonchev–Trinajstić information content (AvgIpc) is 3.47. The summed E-state index contributed by atoms with van der Waals surface area (Å²) in [5, 5.41) is 1.32. The van der Waals surface area contributed by atoms with Gasteiger partial charge >= 0.3 is 0 Å². The van der Waals surface area contributed by atoms with Crippen molar-refractivity contribution in [3.05, 3.63) is 16.3 Å².